The van der Waals surface area contributed by atoms with Crippen LogP contribution < -0.4 is 10.6 Å². The van der Waals surface area contributed by atoms with E-state index in [0.717, 1.165) is 62.6 Å². The van der Waals surface area contributed by atoms with Crippen molar-refractivity contribution < 1.29 is 23.5 Å². The number of nitrogens with zero attached hydrogens (tertiary/aromatic N) is 4. The number of fused-ring (bicyclic) bond motifs is 2. The van der Waals surface area contributed by atoms with Gasteiger partial charge >= 0.3 is 0 Å². The molecule has 6 unspecified atom stereocenters. The molecule has 2 aliphatic carbocycles. The summed E-state index contributed by atoms with van der Waals surface area (Å²) >= 11 is 0. The number of piperazine rings is 1. The molecular formula is C37H51FN6O4. The maximum absolute atomic E-state index is 15.0. The van der Waals surface area contributed by atoms with Crippen molar-refractivity contribution in [2.75, 3.05) is 39.8 Å². The van der Waals surface area contributed by atoms with Gasteiger partial charge in [-0.2, -0.15) is 5.26 Å². The van der Waals surface area contributed by atoms with Gasteiger partial charge in [0.25, 0.3) is 0 Å². The Balaban J connectivity index is 1.26. The van der Waals surface area contributed by atoms with Crippen LogP contribution in [-0.2, 0) is 32.1 Å². The predicted octanol–water partition coefficient (Wildman–Crippen LogP) is 3.46. The van der Waals surface area contributed by atoms with E-state index < -0.39 is 23.7 Å². The third-order valence-corrected chi connectivity index (χ3v) is 12.5. The van der Waals surface area contributed by atoms with Crippen LogP contribution >= 0.6 is 0 Å². The Hall–Kier alpha value is -2.72. The molecule has 0 bridgehead atoms. The molecule has 48 heavy (non-hydrogen) atoms. The Labute approximate surface area is 284 Å². The third-order valence-electron chi connectivity index (χ3n) is 12.5. The Kier molecular flexibility index (Phi) is 9.77. The Bertz CT molecular complexity index is 1430. The Morgan fingerprint density at radius 3 is 2.73 bits per heavy atom. The number of benzene rings is 1. The molecular weight excluding hydrogens is 611 g/mol. The molecule has 4 heterocycles. The van der Waals surface area contributed by atoms with E-state index in [2.05, 4.69) is 40.1 Å². The van der Waals surface area contributed by atoms with Gasteiger partial charge in [0.15, 0.2) is 12.1 Å². The van der Waals surface area contributed by atoms with Gasteiger partial charge in [-0.1, -0.05) is 31.9 Å². The summed E-state index contributed by atoms with van der Waals surface area (Å²) in [6, 6.07) is 6.60. The number of carbonyl (C=O) groups excluding carboxylic acids is 2. The lowest BCUT2D eigenvalue weighted by atomic mass is 9.61. The number of halogens is 1. The van der Waals surface area contributed by atoms with Crippen molar-refractivity contribution in [3.05, 3.63) is 47.8 Å². The van der Waals surface area contributed by atoms with Gasteiger partial charge in [0.1, 0.15) is 11.4 Å². The van der Waals surface area contributed by atoms with Crippen LogP contribution in [0.1, 0.15) is 75.3 Å². The fourth-order valence-electron chi connectivity index (χ4n) is 10.0. The number of rotatable bonds is 7. The zero-order chi connectivity index (χ0) is 33.5. The SMILES string of the molecule is C=CC(=O)N1CCN(C2(C3CCCCC3)NC(OCC3CCCN3C)NC3C(=O)[C@@]4(CCC32)Cc2cc(F)ccc2CO4)CC1CC#N. The molecule has 0 radical (unpaired) electrons. The summed E-state index contributed by atoms with van der Waals surface area (Å²) in [4.78, 5) is 34.5. The summed E-state index contributed by atoms with van der Waals surface area (Å²) in [7, 11) is 2.14. The molecule has 1 aromatic carbocycles. The summed E-state index contributed by atoms with van der Waals surface area (Å²) < 4.78 is 27.6. The van der Waals surface area contributed by atoms with Gasteiger partial charge in [-0.15, -0.1) is 0 Å². The number of carbonyl (C=O) groups is 2. The van der Waals surface area contributed by atoms with Crippen LogP contribution in [0.3, 0.4) is 0 Å². The molecule has 10 nitrogen and oxygen atoms in total. The number of ketones is 1. The van der Waals surface area contributed by atoms with Crippen LogP contribution in [0.25, 0.3) is 0 Å². The van der Waals surface area contributed by atoms with Crippen molar-refractivity contribution in [3.8, 4) is 6.07 Å². The molecule has 6 aliphatic rings. The largest absolute Gasteiger partial charge is 0.362 e. The second-order valence-electron chi connectivity index (χ2n) is 15.0. The second-order valence-corrected chi connectivity index (χ2v) is 15.0. The highest BCUT2D eigenvalue weighted by molar-refractivity contribution is 5.94. The number of amides is 1. The number of ether oxygens (including phenoxy) is 2. The van der Waals surface area contributed by atoms with Crippen LogP contribution in [-0.4, -0.2) is 102 Å². The van der Waals surface area contributed by atoms with E-state index in [1.807, 2.05) is 0 Å². The van der Waals surface area contributed by atoms with Gasteiger partial charge in [0.05, 0.1) is 43.5 Å². The smallest absolute Gasteiger partial charge is 0.246 e. The molecule has 1 amide bonds. The van der Waals surface area contributed by atoms with Gasteiger partial charge in [0, 0.05) is 38.0 Å². The number of likely N-dealkylation sites (tertiary alicyclic amines) is 1. The number of hydrogen-bond acceptors (Lipinski definition) is 9. The lowest BCUT2D eigenvalue weighted by molar-refractivity contribution is -0.202. The normalized spacial score (nSPS) is 36.4. The zero-order valence-electron chi connectivity index (χ0n) is 28.3. The summed E-state index contributed by atoms with van der Waals surface area (Å²) in [5.74, 6) is -0.254. The van der Waals surface area contributed by atoms with Gasteiger partial charge in [0.2, 0.25) is 5.91 Å². The van der Waals surface area contributed by atoms with Crippen molar-refractivity contribution >= 4 is 11.7 Å². The Morgan fingerprint density at radius 2 is 1.98 bits per heavy atom. The molecule has 2 saturated carbocycles. The average molecular weight is 663 g/mol. The quantitative estimate of drug-likeness (QED) is 0.425. The van der Waals surface area contributed by atoms with Gasteiger partial charge in [-0.25, -0.2) is 4.39 Å². The van der Waals surface area contributed by atoms with Crippen molar-refractivity contribution in [3.63, 3.8) is 0 Å². The van der Waals surface area contributed by atoms with Crippen molar-refractivity contribution in [1.29, 1.82) is 5.26 Å². The molecule has 5 fully saturated rings. The van der Waals surface area contributed by atoms with E-state index in [1.165, 1.54) is 18.6 Å². The number of Topliss-reactive ketones (excluding diaryl/α,β-unsaturated/α-hetero) is 1. The number of hydrogen-bond donors (Lipinski definition) is 2. The highest BCUT2D eigenvalue weighted by atomic mass is 19.1. The molecule has 1 aromatic rings. The third kappa shape index (κ3) is 6.03. The molecule has 7 rings (SSSR count). The van der Waals surface area contributed by atoms with E-state index in [1.54, 1.807) is 17.0 Å². The zero-order valence-corrected chi connectivity index (χ0v) is 28.3. The van der Waals surface area contributed by atoms with E-state index in [9.17, 15) is 19.2 Å². The Morgan fingerprint density at radius 1 is 1.15 bits per heavy atom. The minimum Gasteiger partial charge on any atom is -0.362 e. The molecule has 3 saturated heterocycles. The maximum Gasteiger partial charge on any atom is 0.246 e. The molecule has 2 N–H and O–H groups in total. The summed E-state index contributed by atoms with van der Waals surface area (Å²) in [5.41, 5.74) is 0.165. The first kappa shape index (κ1) is 33.8. The molecule has 1 spiro atoms. The first-order chi connectivity index (χ1) is 23.3. The average Bonchev–Trinajstić information content (AvgIpc) is 3.53. The lowest BCUT2D eigenvalue weighted by Crippen LogP contribution is -2.83. The van der Waals surface area contributed by atoms with Crippen LogP contribution in [0.15, 0.2) is 30.9 Å². The molecule has 11 heteroatoms. The lowest BCUT2D eigenvalue weighted by Gasteiger charge is -2.64. The van der Waals surface area contributed by atoms with Crippen LogP contribution in [0.2, 0.25) is 0 Å². The summed E-state index contributed by atoms with van der Waals surface area (Å²) in [6.07, 6.45) is 10.4. The number of likely N-dealkylation sites (N-methyl/N-ethyl adjacent to an activating group) is 1. The minimum atomic E-state index is -1.03. The van der Waals surface area contributed by atoms with E-state index >= 15 is 0 Å². The van der Waals surface area contributed by atoms with E-state index in [0.29, 0.717) is 45.1 Å². The topological polar surface area (TPSA) is 110 Å². The van der Waals surface area contributed by atoms with Gasteiger partial charge < -0.3 is 19.3 Å². The van der Waals surface area contributed by atoms with E-state index in [-0.39, 0.29) is 48.4 Å². The monoisotopic (exact) mass is 662 g/mol. The standard InChI is InChI=1S/C37H51FN6O4/c1-3-32(45)44-19-18-43(22-29(44)14-16-39)37(27-8-5-4-6-9-27)31-13-15-36(21-26-20-28(38)12-11-25(26)23-48-36)34(46)33(31)40-35(41-37)47-24-30-10-7-17-42(30)2/h3,11-12,20,27,29-31,33,35,40-41H,1,4-10,13-15,17-19,21-24H2,2H3/t29?,30?,31?,33?,35?,36-,37?/m1/s1. The number of nitriles is 1. The molecule has 260 valence electrons. The predicted molar refractivity (Wildman–Crippen MR) is 178 cm³/mol. The molecule has 4 aliphatic heterocycles. The molecule has 7 atom stereocenters. The van der Waals surface area contributed by atoms with Crippen molar-refractivity contribution in [2.45, 2.75) is 113 Å². The van der Waals surface area contributed by atoms with Gasteiger partial charge in [-0.3, -0.25) is 25.1 Å². The number of nitrogens with one attached hydrogen (secondary N) is 2. The first-order valence-corrected chi connectivity index (χ1v) is 18.1. The maximum atomic E-state index is 15.0. The summed E-state index contributed by atoms with van der Waals surface area (Å²) in [5, 5.41) is 17.5. The van der Waals surface area contributed by atoms with Crippen LogP contribution in [0, 0.1) is 29.0 Å². The molecule has 0 aromatic heterocycles. The van der Waals surface area contributed by atoms with Crippen molar-refractivity contribution in [2.24, 2.45) is 11.8 Å². The van der Waals surface area contributed by atoms with Crippen LogP contribution in [0.4, 0.5) is 4.39 Å². The fourth-order valence-corrected chi connectivity index (χ4v) is 10.0. The van der Waals surface area contributed by atoms with Crippen LogP contribution in [0.5, 0.6) is 0 Å². The summed E-state index contributed by atoms with van der Waals surface area (Å²) in [6.45, 7) is 7.23. The van der Waals surface area contributed by atoms with Gasteiger partial charge in [-0.05, 0) is 87.4 Å². The highest BCUT2D eigenvalue weighted by Crippen LogP contribution is 2.50. The fraction of sp³-hybridized carbons (Fsp3) is 0.703. The van der Waals surface area contributed by atoms with E-state index in [4.69, 9.17) is 9.47 Å². The minimum absolute atomic E-state index is 0.0241. The van der Waals surface area contributed by atoms with Crippen molar-refractivity contribution in [1.82, 2.24) is 25.3 Å². The first-order valence-electron chi connectivity index (χ1n) is 18.1. The highest BCUT2D eigenvalue weighted by Gasteiger charge is 2.63. The second kappa shape index (κ2) is 13.9.